The third kappa shape index (κ3) is 2.90. The van der Waals surface area contributed by atoms with Crippen LogP contribution in [0.1, 0.15) is 0 Å². The van der Waals surface area contributed by atoms with E-state index in [-0.39, 0.29) is 18.2 Å². The van der Waals surface area contributed by atoms with E-state index in [1.54, 1.807) is 42.5 Å². The highest BCUT2D eigenvalue weighted by Gasteiger charge is 2.20. The maximum atomic E-state index is 13.4. The van der Waals surface area contributed by atoms with Gasteiger partial charge < -0.3 is 14.0 Å². The van der Waals surface area contributed by atoms with Gasteiger partial charge in [-0.3, -0.25) is 4.79 Å². The van der Waals surface area contributed by atoms with E-state index in [9.17, 15) is 9.18 Å². The van der Waals surface area contributed by atoms with Gasteiger partial charge in [-0.1, -0.05) is 23.4 Å². The van der Waals surface area contributed by atoms with Crippen molar-refractivity contribution >= 4 is 10.8 Å². The summed E-state index contributed by atoms with van der Waals surface area (Å²) in [5.74, 6) is 1.32. The molecular formula is C23H13FN4O4. The average molecular weight is 428 g/mol. The van der Waals surface area contributed by atoms with Crippen LogP contribution in [0, 0.1) is 5.82 Å². The fraction of sp³-hybridized carbons (Fsp3) is 0.0435. The Morgan fingerprint density at radius 2 is 1.69 bits per heavy atom. The molecule has 1 aliphatic rings. The highest BCUT2D eigenvalue weighted by Crippen LogP contribution is 2.35. The first-order valence-electron chi connectivity index (χ1n) is 9.69. The molecule has 0 amide bonds. The van der Waals surface area contributed by atoms with E-state index in [4.69, 9.17) is 14.0 Å². The molecule has 2 aromatic heterocycles. The predicted octanol–water partition coefficient (Wildman–Crippen LogP) is 3.97. The molecule has 0 atom stereocenters. The summed E-state index contributed by atoms with van der Waals surface area (Å²) >= 11 is 0. The molecule has 0 saturated heterocycles. The topological polar surface area (TPSA) is 92.3 Å². The van der Waals surface area contributed by atoms with Gasteiger partial charge in [0.15, 0.2) is 17.2 Å². The van der Waals surface area contributed by atoms with E-state index in [0.29, 0.717) is 45.0 Å². The van der Waals surface area contributed by atoms with Crippen LogP contribution in [0.4, 0.5) is 4.39 Å². The first-order valence-corrected chi connectivity index (χ1v) is 9.69. The molecule has 156 valence electrons. The monoisotopic (exact) mass is 428 g/mol. The van der Waals surface area contributed by atoms with E-state index in [0.717, 1.165) is 0 Å². The number of hydrogen-bond acceptors (Lipinski definition) is 7. The summed E-state index contributed by atoms with van der Waals surface area (Å²) in [5.41, 5.74) is 1.09. The van der Waals surface area contributed by atoms with Crippen molar-refractivity contribution in [1.82, 2.24) is 19.9 Å². The fourth-order valence-corrected chi connectivity index (χ4v) is 3.58. The van der Waals surface area contributed by atoms with Crippen LogP contribution in [0.15, 0.2) is 76.0 Å². The first-order chi connectivity index (χ1) is 15.7. The molecule has 9 heteroatoms. The number of hydrogen-bond donors (Lipinski definition) is 0. The van der Waals surface area contributed by atoms with Crippen molar-refractivity contribution in [2.75, 3.05) is 6.79 Å². The van der Waals surface area contributed by atoms with Crippen molar-refractivity contribution in [3.8, 4) is 40.2 Å². The zero-order valence-corrected chi connectivity index (χ0v) is 16.4. The van der Waals surface area contributed by atoms with Crippen LogP contribution in [-0.4, -0.2) is 26.7 Å². The van der Waals surface area contributed by atoms with E-state index in [1.807, 2.05) is 0 Å². The third-order valence-electron chi connectivity index (χ3n) is 5.14. The molecule has 32 heavy (non-hydrogen) atoms. The normalized spacial score (nSPS) is 12.4. The second kappa shape index (κ2) is 7.02. The van der Waals surface area contributed by atoms with Crippen LogP contribution in [0.2, 0.25) is 0 Å². The average Bonchev–Trinajstić information content (AvgIpc) is 3.50. The maximum absolute atomic E-state index is 13.4. The van der Waals surface area contributed by atoms with Crippen molar-refractivity contribution in [3.05, 3.63) is 82.9 Å². The number of aromatic nitrogens is 4. The standard InChI is InChI=1S/C23H13FN4O4/c24-14-6-8-15(9-7-14)28-23(29)17-4-2-1-3-16(17)20(26-28)22-25-21(27-32-22)13-5-10-18-19(11-13)31-12-30-18/h1-11H,12H2. The summed E-state index contributed by atoms with van der Waals surface area (Å²) in [6.45, 7) is 0.164. The molecule has 6 rings (SSSR count). The van der Waals surface area contributed by atoms with Gasteiger partial charge in [0.2, 0.25) is 12.6 Å². The summed E-state index contributed by atoms with van der Waals surface area (Å²) in [4.78, 5) is 17.5. The molecule has 0 bridgehead atoms. The Kier molecular flexibility index (Phi) is 4.00. The van der Waals surface area contributed by atoms with Gasteiger partial charge in [-0.2, -0.15) is 14.8 Å². The largest absolute Gasteiger partial charge is 0.454 e. The van der Waals surface area contributed by atoms with Crippen molar-refractivity contribution in [3.63, 3.8) is 0 Å². The van der Waals surface area contributed by atoms with Crippen molar-refractivity contribution in [2.45, 2.75) is 0 Å². The quantitative estimate of drug-likeness (QED) is 0.429. The van der Waals surface area contributed by atoms with Gasteiger partial charge in [0, 0.05) is 10.9 Å². The Hall–Kier alpha value is -4.53. The van der Waals surface area contributed by atoms with Crippen LogP contribution < -0.4 is 15.0 Å². The highest BCUT2D eigenvalue weighted by atomic mass is 19.1. The maximum Gasteiger partial charge on any atom is 0.279 e. The van der Waals surface area contributed by atoms with E-state index >= 15 is 0 Å². The number of fused-ring (bicyclic) bond motifs is 2. The smallest absolute Gasteiger partial charge is 0.279 e. The third-order valence-corrected chi connectivity index (χ3v) is 5.14. The highest BCUT2D eigenvalue weighted by molar-refractivity contribution is 5.92. The first kappa shape index (κ1) is 18.3. The van der Waals surface area contributed by atoms with Crippen molar-refractivity contribution < 1.29 is 18.4 Å². The van der Waals surface area contributed by atoms with E-state index < -0.39 is 5.82 Å². The van der Waals surface area contributed by atoms with Crippen molar-refractivity contribution in [1.29, 1.82) is 0 Å². The molecule has 3 heterocycles. The van der Waals surface area contributed by atoms with E-state index in [2.05, 4.69) is 15.2 Å². The number of rotatable bonds is 3. The lowest BCUT2D eigenvalue weighted by atomic mass is 10.1. The predicted molar refractivity (Wildman–Crippen MR) is 112 cm³/mol. The SMILES string of the molecule is O=c1c2ccccc2c(-c2nc(-c3ccc4c(c3)OCO4)no2)nn1-c1ccc(F)cc1. The number of nitrogens with zero attached hydrogens (tertiary/aromatic N) is 4. The summed E-state index contributed by atoms with van der Waals surface area (Å²) < 4.78 is 30.8. The summed E-state index contributed by atoms with van der Waals surface area (Å²) in [6.07, 6.45) is 0. The molecule has 0 fully saturated rings. The van der Waals surface area contributed by atoms with Crippen LogP contribution >= 0.6 is 0 Å². The van der Waals surface area contributed by atoms with Gasteiger partial charge in [-0.05, 0) is 48.5 Å². The van der Waals surface area contributed by atoms with Gasteiger partial charge in [0.25, 0.3) is 11.4 Å². The zero-order chi connectivity index (χ0) is 21.7. The lowest BCUT2D eigenvalue weighted by Crippen LogP contribution is -2.22. The molecule has 0 spiro atoms. The zero-order valence-electron chi connectivity index (χ0n) is 16.4. The molecule has 8 nitrogen and oxygen atoms in total. The second-order valence-corrected chi connectivity index (χ2v) is 7.08. The summed E-state index contributed by atoms with van der Waals surface area (Å²) in [5, 5.41) is 9.54. The molecule has 1 aliphatic heterocycles. The molecule has 0 N–H and O–H groups in total. The number of ether oxygens (including phenoxy) is 2. The van der Waals surface area contributed by atoms with Crippen LogP contribution in [0.5, 0.6) is 11.5 Å². The molecule has 3 aromatic carbocycles. The molecule has 0 saturated carbocycles. The van der Waals surface area contributed by atoms with E-state index in [1.165, 1.54) is 28.9 Å². The van der Waals surface area contributed by atoms with Crippen LogP contribution in [0.25, 0.3) is 39.4 Å². The summed E-state index contributed by atoms with van der Waals surface area (Å²) in [6, 6.07) is 17.8. The minimum absolute atomic E-state index is 0.143. The molecular weight excluding hydrogens is 415 g/mol. The Morgan fingerprint density at radius 1 is 0.906 bits per heavy atom. The van der Waals surface area contributed by atoms with Gasteiger partial charge >= 0.3 is 0 Å². The Morgan fingerprint density at radius 3 is 2.53 bits per heavy atom. The molecule has 0 radical (unpaired) electrons. The fourth-order valence-electron chi connectivity index (χ4n) is 3.58. The summed E-state index contributed by atoms with van der Waals surface area (Å²) in [7, 11) is 0. The Balaban J connectivity index is 1.51. The Labute approximate surface area is 179 Å². The molecule has 0 aliphatic carbocycles. The second-order valence-electron chi connectivity index (χ2n) is 7.08. The van der Waals surface area contributed by atoms with Crippen molar-refractivity contribution in [2.24, 2.45) is 0 Å². The minimum atomic E-state index is -0.409. The van der Waals surface area contributed by atoms with Crippen LogP contribution in [-0.2, 0) is 0 Å². The van der Waals surface area contributed by atoms with Gasteiger partial charge in [-0.15, -0.1) is 0 Å². The number of halogens is 1. The minimum Gasteiger partial charge on any atom is -0.454 e. The van der Waals surface area contributed by atoms with Gasteiger partial charge in [-0.25, -0.2) is 4.39 Å². The van der Waals surface area contributed by atoms with Gasteiger partial charge in [0.1, 0.15) is 5.82 Å². The van der Waals surface area contributed by atoms with Crippen LogP contribution in [0.3, 0.4) is 0 Å². The molecule has 5 aromatic rings. The molecule has 0 unspecified atom stereocenters. The lowest BCUT2D eigenvalue weighted by molar-refractivity contribution is 0.174. The van der Waals surface area contributed by atoms with Gasteiger partial charge in [0.05, 0.1) is 11.1 Å². The Bertz CT molecular complexity index is 1540. The lowest BCUT2D eigenvalue weighted by Gasteiger charge is -2.09. The number of benzene rings is 3.